The molecule has 0 radical (unpaired) electrons. The molecule has 0 spiro atoms. The molecule has 2 rings (SSSR count). The lowest BCUT2D eigenvalue weighted by atomic mass is 9.90. The summed E-state index contributed by atoms with van der Waals surface area (Å²) in [5.41, 5.74) is -0.0692. The third-order valence-electron chi connectivity index (χ3n) is 2.97. The normalized spacial score (nSPS) is 19.4. The molecule has 1 aromatic rings. The summed E-state index contributed by atoms with van der Waals surface area (Å²) in [5.74, 6) is 0.00926. The summed E-state index contributed by atoms with van der Waals surface area (Å²) in [7, 11) is 0. The standard InChI is InChI=1S/C11H17N3OS/c1-8-13-7-9(16-8)10(15)14-11(2)3-5-12-6-4-11/h7,12H,3-6H2,1-2H3,(H,14,15). The van der Waals surface area contributed by atoms with Crippen LogP contribution < -0.4 is 10.6 Å². The van der Waals surface area contributed by atoms with E-state index in [1.54, 1.807) is 6.20 Å². The number of thiazole rings is 1. The van der Waals surface area contributed by atoms with Crippen molar-refractivity contribution in [3.05, 3.63) is 16.1 Å². The van der Waals surface area contributed by atoms with Crippen molar-refractivity contribution in [2.45, 2.75) is 32.2 Å². The molecule has 1 aliphatic rings. The van der Waals surface area contributed by atoms with Crippen LogP contribution in [0.15, 0.2) is 6.20 Å². The number of aromatic nitrogens is 1. The van der Waals surface area contributed by atoms with Gasteiger partial charge in [0.25, 0.3) is 5.91 Å². The van der Waals surface area contributed by atoms with Gasteiger partial charge in [0.1, 0.15) is 4.88 Å². The van der Waals surface area contributed by atoms with Crippen LogP contribution in [-0.4, -0.2) is 29.5 Å². The summed E-state index contributed by atoms with van der Waals surface area (Å²) in [5, 5.41) is 7.34. The van der Waals surface area contributed by atoms with Crippen molar-refractivity contribution >= 4 is 17.2 Å². The summed E-state index contributed by atoms with van der Waals surface area (Å²) in [4.78, 5) is 16.8. The fraction of sp³-hybridized carbons (Fsp3) is 0.636. The molecule has 0 atom stereocenters. The molecule has 88 valence electrons. The Kier molecular flexibility index (Phi) is 3.25. The maximum absolute atomic E-state index is 12.0. The van der Waals surface area contributed by atoms with Crippen LogP contribution in [0.4, 0.5) is 0 Å². The van der Waals surface area contributed by atoms with Crippen molar-refractivity contribution in [1.29, 1.82) is 0 Å². The van der Waals surface area contributed by atoms with Crippen LogP contribution in [0, 0.1) is 6.92 Å². The molecule has 1 saturated heterocycles. The second-order valence-corrected chi connectivity index (χ2v) is 5.74. The zero-order valence-electron chi connectivity index (χ0n) is 9.67. The molecule has 0 aliphatic carbocycles. The molecule has 0 aromatic carbocycles. The Bertz CT molecular complexity index is 382. The van der Waals surface area contributed by atoms with E-state index in [0.29, 0.717) is 4.88 Å². The molecule has 0 bridgehead atoms. The number of aryl methyl sites for hydroxylation is 1. The number of carbonyl (C=O) groups excluding carboxylic acids is 1. The van der Waals surface area contributed by atoms with E-state index in [1.165, 1.54) is 11.3 Å². The minimum Gasteiger partial charge on any atom is -0.346 e. The number of piperidine rings is 1. The van der Waals surface area contributed by atoms with Crippen LogP contribution in [0.2, 0.25) is 0 Å². The minimum absolute atomic E-state index is 0.00926. The highest BCUT2D eigenvalue weighted by Gasteiger charge is 2.29. The fourth-order valence-corrected chi connectivity index (χ4v) is 2.58. The highest BCUT2D eigenvalue weighted by molar-refractivity contribution is 7.13. The molecular formula is C11H17N3OS. The van der Waals surface area contributed by atoms with Crippen LogP contribution in [0.1, 0.15) is 34.4 Å². The Balaban J connectivity index is 2.01. The Morgan fingerprint density at radius 2 is 2.25 bits per heavy atom. The number of nitrogens with one attached hydrogen (secondary N) is 2. The molecule has 2 heterocycles. The molecule has 1 aromatic heterocycles. The van der Waals surface area contributed by atoms with Gasteiger partial charge in [-0.3, -0.25) is 4.79 Å². The largest absolute Gasteiger partial charge is 0.346 e. The fourth-order valence-electron chi connectivity index (χ4n) is 1.91. The van der Waals surface area contributed by atoms with E-state index in [4.69, 9.17) is 0 Å². The Labute approximate surface area is 99.5 Å². The third kappa shape index (κ3) is 2.59. The lowest BCUT2D eigenvalue weighted by molar-refractivity contribution is 0.0891. The molecule has 1 amide bonds. The van der Waals surface area contributed by atoms with Crippen LogP contribution in [0.5, 0.6) is 0 Å². The average Bonchev–Trinajstić information content (AvgIpc) is 2.65. The van der Waals surface area contributed by atoms with E-state index >= 15 is 0 Å². The van der Waals surface area contributed by atoms with Gasteiger partial charge in [0.2, 0.25) is 0 Å². The van der Waals surface area contributed by atoms with Crippen molar-refractivity contribution in [3.63, 3.8) is 0 Å². The first kappa shape index (κ1) is 11.5. The molecule has 5 heteroatoms. The predicted molar refractivity (Wildman–Crippen MR) is 64.8 cm³/mol. The predicted octanol–water partition coefficient (Wildman–Crippen LogP) is 1.32. The number of hydrogen-bond donors (Lipinski definition) is 2. The van der Waals surface area contributed by atoms with Crippen molar-refractivity contribution in [1.82, 2.24) is 15.6 Å². The quantitative estimate of drug-likeness (QED) is 0.818. The number of amides is 1. The molecule has 0 unspecified atom stereocenters. The van der Waals surface area contributed by atoms with Crippen molar-refractivity contribution < 1.29 is 4.79 Å². The Morgan fingerprint density at radius 3 is 2.81 bits per heavy atom. The van der Waals surface area contributed by atoms with Gasteiger partial charge in [-0.2, -0.15) is 0 Å². The molecule has 0 saturated carbocycles. The molecule has 2 N–H and O–H groups in total. The summed E-state index contributed by atoms with van der Waals surface area (Å²) in [6.45, 7) is 5.96. The zero-order chi connectivity index (χ0) is 11.6. The molecule has 1 fully saturated rings. The summed E-state index contributed by atoms with van der Waals surface area (Å²) >= 11 is 1.44. The van der Waals surface area contributed by atoms with E-state index in [0.717, 1.165) is 30.9 Å². The monoisotopic (exact) mass is 239 g/mol. The molecule has 1 aliphatic heterocycles. The van der Waals surface area contributed by atoms with Crippen LogP contribution in [-0.2, 0) is 0 Å². The average molecular weight is 239 g/mol. The van der Waals surface area contributed by atoms with E-state index in [2.05, 4.69) is 22.5 Å². The van der Waals surface area contributed by atoms with Gasteiger partial charge >= 0.3 is 0 Å². The topological polar surface area (TPSA) is 54.0 Å². The van der Waals surface area contributed by atoms with Crippen molar-refractivity contribution in [3.8, 4) is 0 Å². The lowest BCUT2D eigenvalue weighted by Crippen LogP contribution is -2.52. The minimum atomic E-state index is -0.0692. The molecule has 4 nitrogen and oxygen atoms in total. The number of nitrogens with zero attached hydrogens (tertiary/aromatic N) is 1. The van der Waals surface area contributed by atoms with Gasteiger partial charge in [-0.05, 0) is 39.8 Å². The lowest BCUT2D eigenvalue weighted by Gasteiger charge is -2.34. The highest BCUT2D eigenvalue weighted by atomic mass is 32.1. The van der Waals surface area contributed by atoms with Gasteiger partial charge in [0, 0.05) is 5.54 Å². The second-order valence-electron chi connectivity index (χ2n) is 4.51. The Hall–Kier alpha value is -0.940. The van der Waals surface area contributed by atoms with Gasteiger partial charge in [0.05, 0.1) is 11.2 Å². The Morgan fingerprint density at radius 1 is 1.56 bits per heavy atom. The first-order chi connectivity index (χ1) is 7.59. The van der Waals surface area contributed by atoms with E-state index < -0.39 is 0 Å². The SMILES string of the molecule is Cc1ncc(C(=O)NC2(C)CCNCC2)s1. The maximum atomic E-state index is 12.0. The van der Waals surface area contributed by atoms with Gasteiger partial charge in [-0.1, -0.05) is 0 Å². The summed E-state index contributed by atoms with van der Waals surface area (Å²) in [6.07, 6.45) is 3.62. The number of rotatable bonds is 2. The van der Waals surface area contributed by atoms with Crippen LogP contribution >= 0.6 is 11.3 Å². The molecular weight excluding hydrogens is 222 g/mol. The van der Waals surface area contributed by atoms with Gasteiger partial charge < -0.3 is 10.6 Å². The molecule has 16 heavy (non-hydrogen) atoms. The van der Waals surface area contributed by atoms with E-state index in [-0.39, 0.29) is 11.4 Å². The summed E-state index contributed by atoms with van der Waals surface area (Å²) < 4.78 is 0. The highest BCUT2D eigenvalue weighted by Crippen LogP contribution is 2.19. The van der Waals surface area contributed by atoms with Crippen molar-refractivity contribution in [2.75, 3.05) is 13.1 Å². The number of hydrogen-bond acceptors (Lipinski definition) is 4. The zero-order valence-corrected chi connectivity index (χ0v) is 10.5. The van der Waals surface area contributed by atoms with E-state index in [9.17, 15) is 4.79 Å². The van der Waals surface area contributed by atoms with Crippen LogP contribution in [0.3, 0.4) is 0 Å². The van der Waals surface area contributed by atoms with E-state index in [1.807, 2.05) is 6.92 Å². The van der Waals surface area contributed by atoms with Crippen LogP contribution in [0.25, 0.3) is 0 Å². The third-order valence-corrected chi connectivity index (χ3v) is 3.88. The second kappa shape index (κ2) is 4.51. The van der Waals surface area contributed by atoms with Gasteiger partial charge in [0.15, 0.2) is 0 Å². The van der Waals surface area contributed by atoms with Gasteiger partial charge in [-0.15, -0.1) is 11.3 Å². The maximum Gasteiger partial charge on any atom is 0.263 e. The summed E-state index contributed by atoms with van der Waals surface area (Å²) in [6, 6.07) is 0. The van der Waals surface area contributed by atoms with Gasteiger partial charge in [-0.25, -0.2) is 4.98 Å². The number of carbonyl (C=O) groups is 1. The van der Waals surface area contributed by atoms with Crippen molar-refractivity contribution in [2.24, 2.45) is 0 Å². The first-order valence-electron chi connectivity index (χ1n) is 5.55. The smallest absolute Gasteiger partial charge is 0.263 e. The first-order valence-corrected chi connectivity index (χ1v) is 6.36.